The second-order valence-corrected chi connectivity index (χ2v) is 10.6. The minimum absolute atomic E-state index is 0.258. The second-order valence-electron chi connectivity index (χ2n) is 10.6. The molecule has 2 aliphatic rings. The van der Waals surface area contributed by atoms with Gasteiger partial charge in [0.2, 0.25) is 0 Å². The van der Waals surface area contributed by atoms with Crippen LogP contribution in [0.5, 0.6) is 0 Å². The van der Waals surface area contributed by atoms with Crippen LogP contribution in [0.3, 0.4) is 0 Å². The highest BCUT2D eigenvalue weighted by Crippen LogP contribution is 2.38. The van der Waals surface area contributed by atoms with Gasteiger partial charge in [0.25, 0.3) is 0 Å². The molecule has 188 valence electrons. The molecule has 0 N–H and O–H groups in total. The third kappa shape index (κ3) is 8.79. The lowest BCUT2D eigenvalue weighted by atomic mass is 9.75. The number of rotatable bonds is 8. The van der Waals surface area contributed by atoms with Crippen LogP contribution in [-0.4, -0.2) is 0 Å². The third-order valence-corrected chi connectivity index (χ3v) is 8.00. The molecule has 0 aromatic heterocycles. The van der Waals surface area contributed by atoms with Crippen LogP contribution in [0.1, 0.15) is 108 Å². The molecule has 1 aromatic carbocycles. The fourth-order valence-corrected chi connectivity index (χ4v) is 5.76. The lowest BCUT2D eigenvalue weighted by Crippen LogP contribution is -2.17. The first-order valence-electron chi connectivity index (χ1n) is 13.4. The predicted octanol–water partition coefficient (Wildman–Crippen LogP) is 9.73. The van der Waals surface area contributed by atoms with Crippen molar-refractivity contribution in [3.8, 4) is 11.8 Å². The summed E-state index contributed by atoms with van der Waals surface area (Å²) in [6, 6.07) is 2.83. The number of alkyl halides is 3. The molecule has 0 heterocycles. The molecule has 0 saturated heterocycles. The summed E-state index contributed by atoms with van der Waals surface area (Å²) in [5.41, 5.74) is -0.991. The summed E-state index contributed by atoms with van der Waals surface area (Å²) in [6.07, 6.45) is 18.3. The molecule has 0 spiro atoms. The fourth-order valence-electron chi connectivity index (χ4n) is 5.76. The summed E-state index contributed by atoms with van der Waals surface area (Å²) in [5.74, 6) is 7.64. The first kappa shape index (κ1) is 26.8. The number of halogens is 4. The van der Waals surface area contributed by atoms with Gasteiger partial charge in [-0.05, 0) is 73.6 Å². The average Bonchev–Trinajstić information content (AvgIpc) is 2.81. The number of benzene rings is 1. The van der Waals surface area contributed by atoms with Gasteiger partial charge in [-0.25, -0.2) is 4.39 Å². The highest BCUT2D eigenvalue weighted by molar-refractivity contribution is 5.39. The summed E-state index contributed by atoms with van der Waals surface area (Å²) in [7, 11) is 0. The molecule has 3 rings (SSSR count). The van der Waals surface area contributed by atoms with Crippen molar-refractivity contribution in [3.63, 3.8) is 0 Å². The first-order valence-corrected chi connectivity index (χ1v) is 13.4. The van der Waals surface area contributed by atoms with Crippen molar-refractivity contribution in [2.24, 2.45) is 23.7 Å². The standard InChI is InChI=1S/C30H40F4/c1-2-3-4-7-23-10-14-25(15-11-23)18-19-26-16-12-24(13-17-26)8-5-6-9-27-20-21-28(29(31)22-27)30(32,33)34/h5,8,20-26H,2-4,7,10-19H2,1H3. The zero-order chi connectivity index (χ0) is 24.4. The van der Waals surface area contributed by atoms with E-state index in [-0.39, 0.29) is 5.56 Å². The van der Waals surface area contributed by atoms with Crippen LogP contribution < -0.4 is 0 Å². The molecule has 0 amide bonds. The molecule has 2 saturated carbocycles. The highest BCUT2D eigenvalue weighted by Gasteiger charge is 2.33. The molecule has 0 unspecified atom stereocenters. The summed E-state index contributed by atoms with van der Waals surface area (Å²) >= 11 is 0. The Labute approximate surface area is 203 Å². The van der Waals surface area contributed by atoms with Crippen molar-refractivity contribution < 1.29 is 17.6 Å². The molecule has 2 aliphatic carbocycles. The van der Waals surface area contributed by atoms with E-state index in [4.69, 9.17) is 0 Å². The van der Waals surface area contributed by atoms with Crippen molar-refractivity contribution >= 4 is 0 Å². The van der Waals surface area contributed by atoms with Crippen LogP contribution in [-0.2, 0) is 6.18 Å². The van der Waals surface area contributed by atoms with Crippen molar-refractivity contribution in [2.45, 2.75) is 103 Å². The van der Waals surface area contributed by atoms with Gasteiger partial charge in [0, 0.05) is 5.56 Å². The van der Waals surface area contributed by atoms with E-state index < -0.39 is 17.6 Å². The van der Waals surface area contributed by atoms with E-state index in [2.05, 4.69) is 24.8 Å². The predicted molar refractivity (Wildman–Crippen MR) is 132 cm³/mol. The van der Waals surface area contributed by atoms with E-state index in [0.717, 1.165) is 29.9 Å². The van der Waals surface area contributed by atoms with E-state index in [1.54, 1.807) is 6.08 Å². The Morgan fingerprint density at radius 2 is 1.44 bits per heavy atom. The lowest BCUT2D eigenvalue weighted by Gasteiger charge is -2.31. The fraction of sp³-hybridized carbons (Fsp3) is 0.667. The van der Waals surface area contributed by atoms with Crippen LogP contribution >= 0.6 is 0 Å². The van der Waals surface area contributed by atoms with Crippen LogP contribution in [0.25, 0.3) is 0 Å². The zero-order valence-electron chi connectivity index (χ0n) is 20.6. The monoisotopic (exact) mass is 476 g/mol. The van der Waals surface area contributed by atoms with E-state index in [1.165, 1.54) is 96.0 Å². The largest absolute Gasteiger partial charge is 0.419 e. The number of hydrogen-bond donors (Lipinski definition) is 0. The van der Waals surface area contributed by atoms with Gasteiger partial charge in [-0.15, -0.1) is 0 Å². The summed E-state index contributed by atoms with van der Waals surface area (Å²) in [6.45, 7) is 2.28. The van der Waals surface area contributed by atoms with Crippen LogP contribution in [0, 0.1) is 41.3 Å². The summed E-state index contributed by atoms with van der Waals surface area (Å²) < 4.78 is 51.5. The minimum Gasteiger partial charge on any atom is -0.206 e. The Bertz CT molecular complexity index is 826. The van der Waals surface area contributed by atoms with Crippen molar-refractivity contribution in [1.29, 1.82) is 0 Å². The maximum atomic E-state index is 13.6. The first-order chi connectivity index (χ1) is 16.3. The summed E-state index contributed by atoms with van der Waals surface area (Å²) in [5, 5.41) is 0. The molecule has 0 aliphatic heterocycles. The highest BCUT2D eigenvalue weighted by atomic mass is 19.4. The maximum Gasteiger partial charge on any atom is 0.419 e. The van der Waals surface area contributed by atoms with Crippen molar-refractivity contribution in [3.05, 3.63) is 47.3 Å². The van der Waals surface area contributed by atoms with Gasteiger partial charge in [0.15, 0.2) is 0 Å². The van der Waals surface area contributed by atoms with Gasteiger partial charge in [-0.3, -0.25) is 0 Å². The van der Waals surface area contributed by atoms with Crippen molar-refractivity contribution in [2.75, 3.05) is 0 Å². The number of allylic oxidation sites excluding steroid dienone is 2. The topological polar surface area (TPSA) is 0 Å². The van der Waals surface area contributed by atoms with E-state index in [0.29, 0.717) is 5.92 Å². The molecule has 0 nitrogen and oxygen atoms in total. The Hall–Kier alpha value is -1.76. The molecule has 0 radical (unpaired) electrons. The minimum atomic E-state index is -4.68. The second kappa shape index (κ2) is 13.4. The van der Waals surface area contributed by atoms with Crippen LogP contribution in [0.15, 0.2) is 30.4 Å². The van der Waals surface area contributed by atoms with Gasteiger partial charge < -0.3 is 0 Å². The lowest BCUT2D eigenvalue weighted by molar-refractivity contribution is -0.140. The Kier molecular flexibility index (Phi) is 10.5. The van der Waals surface area contributed by atoms with E-state index in [9.17, 15) is 17.6 Å². The van der Waals surface area contributed by atoms with E-state index >= 15 is 0 Å². The van der Waals surface area contributed by atoms with Gasteiger partial charge in [-0.1, -0.05) is 89.0 Å². The molecule has 0 bridgehead atoms. The van der Waals surface area contributed by atoms with Gasteiger partial charge in [0.05, 0.1) is 5.56 Å². The molecular weight excluding hydrogens is 436 g/mol. The maximum absolute atomic E-state index is 13.6. The van der Waals surface area contributed by atoms with Gasteiger partial charge in [-0.2, -0.15) is 13.2 Å². The molecular formula is C30H40F4. The Balaban J connectivity index is 1.33. The van der Waals surface area contributed by atoms with Gasteiger partial charge in [0.1, 0.15) is 5.82 Å². The Morgan fingerprint density at radius 1 is 0.853 bits per heavy atom. The molecule has 34 heavy (non-hydrogen) atoms. The number of unbranched alkanes of at least 4 members (excludes halogenated alkanes) is 2. The van der Waals surface area contributed by atoms with E-state index in [1.807, 2.05) is 0 Å². The summed E-state index contributed by atoms with van der Waals surface area (Å²) in [4.78, 5) is 0. The molecule has 0 atom stereocenters. The quantitative estimate of drug-likeness (QED) is 0.199. The van der Waals surface area contributed by atoms with Crippen molar-refractivity contribution in [1.82, 2.24) is 0 Å². The average molecular weight is 477 g/mol. The number of hydrogen-bond acceptors (Lipinski definition) is 0. The Morgan fingerprint density at radius 3 is 2.00 bits per heavy atom. The SMILES string of the molecule is CCCCCC1CCC(CCC2CCC(C=CC#Cc3ccc(C(F)(F)F)c(F)c3)CC2)CC1. The van der Waals surface area contributed by atoms with Gasteiger partial charge >= 0.3 is 6.18 Å². The normalized spacial score (nSPS) is 25.8. The van der Waals surface area contributed by atoms with Crippen LogP contribution in [0.2, 0.25) is 0 Å². The molecule has 2 fully saturated rings. The molecule has 4 heteroatoms. The van der Waals surface area contributed by atoms with Crippen LogP contribution in [0.4, 0.5) is 17.6 Å². The smallest absolute Gasteiger partial charge is 0.206 e. The zero-order valence-corrected chi connectivity index (χ0v) is 20.6. The molecule has 1 aromatic rings. The third-order valence-electron chi connectivity index (χ3n) is 8.00.